The second kappa shape index (κ2) is 5.90. The summed E-state index contributed by atoms with van der Waals surface area (Å²) >= 11 is 6.02. The van der Waals surface area contributed by atoms with Gasteiger partial charge >= 0.3 is 6.18 Å². The lowest BCUT2D eigenvalue weighted by Crippen LogP contribution is -2.20. The van der Waals surface area contributed by atoms with E-state index in [0.29, 0.717) is 23.2 Å². The largest absolute Gasteiger partial charge is 0.416 e. The van der Waals surface area contributed by atoms with E-state index in [2.05, 4.69) is 9.97 Å². The third-order valence-corrected chi connectivity index (χ3v) is 3.96. The normalized spacial score (nSPS) is 11.9. The molecule has 0 saturated carbocycles. The summed E-state index contributed by atoms with van der Waals surface area (Å²) in [4.78, 5) is 20.6. The van der Waals surface area contributed by atoms with Gasteiger partial charge in [-0.25, -0.2) is 9.97 Å². The molecule has 24 heavy (non-hydrogen) atoms. The van der Waals surface area contributed by atoms with E-state index < -0.39 is 11.7 Å². The van der Waals surface area contributed by atoms with Crippen LogP contribution in [0.1, 0.15) is 12.5 Å². The number of benzene rings is 1. The van der Waals surface area contributed by atoms with Gasteiger partial charge in [-0.15, -0.1) is 0 Å². The zero-order valence-corrected chi connectivity index (χ0v) is 13.2. The molecule has 0 bridgehead atoms. The Morgan fingerprint density at radius 3 is 2.42 bits per heavy atom. The molecule has 0 aliphatic heterocycles. The molecule has 1 aromatic carbocycles. The molecule has 3 rings (SSSR count). The molecular formula is C16H11ClF3N3O. The lowest BCUT2D eigenvalue weighted by atomic mass is 10.0. The lowest BCUT2D eigenvalue weighted by molar-refractivity contribution is -0.137. The number of aryl methyl sites for hydroxylation is 1. The van der Waals surface area contributed by atoms with Gasteiger partial charge in [0.25, 0.3) is 5.56 Å². The summed E-state index contributed by atoms with van der Waals surface area (Å²) in [5.74, 6) is 0. The molecule has 0 radical (unpaired) electrons. The lowest BCUT2D eigenvalue weighted by Gasteiger charge is -2.10. The number of hydrogen-bond donors (Lipinski definition) is 0. The molecular weight excluding hydrogens is 343 g/mol. The van der Waals surface area contributed by atoms with E-state index in [1.165, 1.54) is 29.2 Å². The second-order valence-corrected chi connectivity index (χ2v) is 5.46. The van der Waals surface area contributed by atoms with Crippen molar-refractivity contribution in [1.29, 1.82) is 0 Å². The van der Waals surface area contributed by atoms with Crippen LogP contribution in [0.3, 0.4) is 0 Å². The zero-order chi connectivity index (χ0) is 17.5. The number of hydrogen-bond acceptors (Lipinski definition) is 3. The molecule has 4 nitrogen and oxygen atoms in total. The number of nitrogens with zero attached hydrogens (tertiary/aromatic N) is 3. The SMILES string of the molecule is CCn1cnc2c(-c3ccc(C(F)(F)F)cc3)cnc(Cl)c2c1=O. The van der Waals surface area contributed by atoms with E-state index >= 15 is 0 Å². The number of halogens is 4. The molecule has 3 aromatic rings. The van der Waals surface area contributed by atoms with Gasteiger partial charge < -0.3 is 0 Å². The van der Waals surface area contributed by atoms with Gasteiger partial charge in [0.05, 0.1) is 17.4 Å². The van der Waals surface area contributed by atoms with Crippen LogP contribution < -0.4 is 5.56 Å². The Balaban J connectivity index is 2.23. The van der Waals surface area contributed by atoms with Crippen LogP contribution in [0.2, 0.25) is 5.15 Å². The van der Waals surface area contributed by atoms with Crippen molar-refractivity contribution in [1.82, 2.24) is 14.5 Å². The first-order valence-electron chi connectivity index (χ1n) is 7.04. The van der Waals surface area contributed by atoms with E-state index in [4.69, 9.17) is 11.6 Å². The Bertz CT molecular complexity index is 965. The Morgan fingerprint density at radius 1 is 1.17 bits per heavy atom. The molecule has 2 heterocycles. The van der Waals surface area contributed by atoms with Gasteiger partial charge in [0.1, 0.15) is 10.5 Å². The second-order valence-electron chi connectivity index (χ2n) is 5.10. The average molecular weight is 354 g/mol. The summed E-state index contributed by atoms with van der Waals surface area (Å²) in [6, 6.07) is 4.59. The summed E-state index contributed by atoms with van der Waals surface area (Å²) in [6.07, 6.45) is -1.63. The quantitative estimate of drug-likeness (QED) is 0.650. The molecule has 0 aliphatic rings. The maximum atomic E-state index is 12.7. The van der Waals surface area contributed by atoms with Crippen LogP contribution in [0, 0.1) is 0 Å². The summed E-state index contributed by atoms with van der Waals surface area (Å²) in [5.41, 5.74) is 0.138. The van der Waals surface area contributed by atoms with Crippen molar-refractivity contribution in [2.24, 2.45) is 0 Å². The molecule has 0 atom stereocenters. The summed E-state index contributed by atoms with van der Waals surface area (Å²) in [6.45, 7) is 2.21. The predicted octanol–water partition coefficient (Wildman–Crippen LogP) is 4.15. The Kier molecular flexibility index (Phi) is 4.04. The fourth-order valence-corrected chi connectivity index (χ4v) is 2.62. The minimum atomic E-state index is -4.41. The predicted molar refractivity (Wildman–Crippen MR) is 84.9 cm³/mol. The van der Waals surface area contributed by atoms with Gasteiger partial charge in [-0.05, 0) is 24.6 Å². The highest BCUT2D eigenvalue weighted by Gasteiger charge is 2.30. The van der Waals surface area contributed by atoms with Crippen LogP contribution in [0.25, 0.3) is 22.0 Å². The maximum Gasteiger partial charge on any atom is 0.416 e. The number of alkyl halides is 3. The maximum absolute atomic E-state index is 12.7. The van der Waals surface area contributed by atoms with Crippen LogP contribution in [-0.2, 0) is 12.7 Å². The fraction of sp³-hybridized carbons (Fsp3) is 0.188. The van der Waals surface area contributed by atoms with Crippen LogP contribution >= 0.6 is 11.6 Å². The highest BCUT2D eigenvalue weighted by Crippen LogP contribution is 2.33. The standard InChI is InChI=1S/C16H11ClF3N3O/c1-2-23-8-22-13-11(7-21-14(17)12(13)15(23)24)9-3-5-10(6-4-9)16(18,19)20/h3-8H,2H2,1H3. The summed E-state index contributed by atoms with van der Waals surface area (Å²) in [7, 11) is 0. The monoisotopic (exact) mass is 353 g/mol. The molecule has 0 spiro atoms. The van der Waals surface area contributed by atoms with Crippen molar-refractivity contribution >= 4 is 22.5 Å². The van der Waals surface area contributed by atoms with E-state index in [1.807, 2.05) is 0 Å². The van der Waals surface area contributed by atoms with Gasteiger partial charge in [0, 0.05) is 18.3 Å². The third kappa shape index (κ3) is 2.75. The first-order chi connectivity index (χ1) is 11.3. The van der Waals surface area contributed by atoms with Crippen molar-refractivity contribution < 1.29 is 13.2 Å². The minimum Gasteiger partial charge on any atom is -0.299 e. The van der Waals surface area contributed by atoms with Crippen molar-refractivity contribution in [3.8, 4) is 11.1 Å². The van der Waals surface area contributed by atoms with Gasteiger partial charge in [-0.3, -0.25) is 9.36 Å². The fourth-order valence-electron chi connectivity index (χ4n) is 2.40. The van der Waals surface area contributed by atoms with Crippen molar-refractivity contribution in [3.05, 3.63) is 57.9 Å². The minimum absolute atomic E-state index is 0.0148. The van der Waals surface area contributed by atoms with Crippen LogP contribution in [0.4, 0.5) is 13.2 Å². The number of fused-ring (bicyclic) bond motifs is 1. The summed E-state index contributed by atoms with van der Waals surface area (Å²) < 4.78 is 39.4. The van der Waals surface area contributed by atoms with Gasteiger partial charge in [0.2, 0.25) is 0 Å². The smallest absolute Gasteiger partial charge is 0.299 e. The van der Waals surface area contributed by atoms with E-state index in [1.54, 1.807) is 6.92 Å². The molecule has 2 aromatic heterocycles. The molecule has 0 unspecified atom stereocenters. The average Bonchev–Trinajstić information content (AvgIpc) is 2.55. The van der Waals surface area contributed by atoms with Gasteiger partial charge in [-0.2, -0.15) is 13.2 Å². The van der Waals surface area contributed by atoms with Crippen molar-refractivity contribution in [3.63, 3.8) is 0 Å². The molecule has 0 fully saturated rings. The molecule has 0 aliphatic carbocycles. The van der Waals surface area contributed by atoms with Crippen molar-refractivity contribution in [2.45, 2.75) is 19.6 Å². The molecule has 124 valence electrons. The van der Waals surface area contributed by atoms with Crippen LogP contribution in [-0.4, -0.2) is 14.5 Å². The number of aromatic nitrogens is 3. The van der Waals surface area contributed by atoms with Crippen molar-refractivity contribution in [2.75, 3.05) is 0 Å². The van der Waals surface area contributed by atoms with Crippen LogP contribution in [0.15, 0.2) is 41.6 Å². The Morgan fingerprint density at radius 2 is 1.83 bits per heavy atom. The molecule has 8 heteroatoms. The first-order valence-corrected chi connectivity index (χ1v) is 7.42. The van der Waals surface area contributed by atoms with E-state index in [0.717, 1.165) is 12.1 Å². The highest BCUT2D eigenvalue weighted by molar-refractivity contribution is 6.34. The third-order valence-electron chi connectivity index (χ3n) is 3.67. The zero-order valence-electron chi connectivity index (χ0n) is 12.4. The molecule has 0 amide bonds. The Labute approximate surface area is 139 Å². The van der Waals surface area contributed by atoms with E-state index in [9.17, 15) is 18.0 Å². The van der Waals surface area contributed by atoms with Crippen LogP contribution in [0.5, 0.6) is 0 Å². The molecule has 0 N–H and O–H groups in total. The Hall–Kier alpha value is -2.41. The van der Waals surface area contributed by atoms with E-state index in [-0.39, 0.29) is 16.1 Å². The highest BCUT2D eigenvalue weighted by atomic mass is 35.5. The first kappa shape index (κ1) is 16.4. The van der Waals surface area contributed by atoms with Gasteiger partial charge in [0.15, 0.2) is 0 Å². The van der Waals surface area contributed by atoms with Gasteiger partial charge in [-0.1, -0.05) is 23.7 Å². The molecule has 0 saturated heterocycles. The number of rotatable bonds is 2. The summed E-state index contributed by atoms with van der Waals surface area (Å²) in [5, 5.41) is 0.166. The topological polar surface area (TPSA) is 47.8 Å². The number of pyridine rings is 1.